The maximum atomic E-state index is 11.8. The Hall–Kier alpha value is -1.10. The summed E-state index contributed by atoms with van der Waals surface area (Å²) in [5, 5.41) is 18.3. The molecule has 1 unspecified atom stereocenters. The average Bonchev–Trinajstić information content (AvgIpc) is 2.44. The molecule has 84 valence electrons. The summed E-state index contributed by atoms with van der Waals surface area (Å²) in [5.41, 5.74) is 0. The van der Waals surface area contributed by atoms with Crippen molar-refractivity contribution in [1.82, 2.24) is 4.90 Å². The Kier molecular flexibility index (Phi) is 2.65. The molecule has 1 saturated heterocycles. The lowest BCUT2D eigenvalue weighted by atomic mass is 9.84. The fraction of sp³-hybridized carbons (Fsp3) is 0.800. The van der Waals surface area contributed by atoms with Crippen LogP contribution in [0.4, 0.5) is 0 Å². The lowest BCUT2D eigenvalue weighted by molar-refractivity contribution is -0.151. The number of likely N-dealkylation sites (tertiary alicyclic amines) is 1. The minimum atomic E-state index is -1.01. The van der Waals surface area contributed by atoms with E-state index in [0.717, 1.165) is 19.3 Å². The largest absolute Gasteiger partial charge is 0.480 e. The van der Waals surface area contributed by atoms with Crippen LogP contribution in [-0.4, -0.2) is 45.7 Å². The first kappa shape index (κ1) is 10.4. The molecular weight excluding hydrogens is 198 g/mol. The second-order valence-electron chi connectivity index (χ2n) is 4.36. The predicted octanol–water partition coefficient (Wildman–Crippen LogP) is -0.167. The first-order valence-corrected chi connectivity index (χ1v) is 5.31. The van der Waals surface area contributed by atoms with Crippen molar-refractivity contribution in [2.24, 2.45) is 5.92 Å². The highest BCUT2D eigenvalue weighted by Crippen LogP contribution is 2.31. The highest BCUT2D eigenvalue weighted by atomic mass is 16.4. The van der Waals surface area contributed by atoms with Crippen molar-refractivity contribution in [3.8, 4) is 0 Å². The van der Waals surface area contributed by atoms with Crippen molar-refractivity contribution >= 4 is 11.9 Å². The van der Waals surface area contributed by atoms with Crippen molar-refractivity contribution in [3.05, 3.63) is 0 Å². The van der Waals surface area contributed by atoms with Crippen molar-refractivity contribution in [1.29, 1.82) is 0 Å². The number of carboxylic acid groups (broad SMARTS) is 1. The molecule has 0 bridgehead atoms. The third-order valence-electron chi connectivity index (χ3n) is 3.30. The van der Waals surface area contributed by atoms with Gasteiger partial charge in [-0.3, -0.25) is 4.79 Å². The number of amides is 1. The van der Waals surface area contributed by atoms with E-state index in [-0.39, 0.29) is 24.8 Å². The summed E-state index contributed by atoms with van der Waals surface area (Å²) in [6.07, 6.45) is 2.24. The Labute approximate surface area is 87.7 Å². The first-order chi connectivity index (χ1) is 7.09. The molecule has 1 heterocycles. The quantitative estimate of drug-likeness (QED) is 0.667. The molecule has 1 aliphatic heterocycles. The van der Waals surface area contributed by atoms with Crippen LogP contribution in [0, 0.1) is 5.92 Å². The van der Waals surface area contributed by atoms with Gasteiger partial charge in [0.25, 0.3) is 0 Å². The van der Waals surface area contributed by atoms with Crippen molar-refractivity contribution in [2.75, 3.05) is 6.54 Å². The lowest BCUT2D eigenvalue weighted by Gasteiger charge is -2.31. The number of rotatable bonds is 2. The summed E-state index contributed by atoms with van der Waals surface area (Å²) in [6.45, 7) is 0.173. The average molecular weight is 213 g/mol. The van der Waals surface area contributed by atoms with E-state index in [0.29, 0.717) is 0 Å². The minimum absolute atomic E-state index is 0.00264. The standard InChI is InChI=1S/C10H15NO4/c12-7-4-8(10(14)15)11(5-7)9(13)6-2-1-3-6/h6-8,12H,1-5H2,(H,14,15)/t7?,8-/m0/s1. The molecule has 2 aliphatic rings. The van der Waals surface area contributed by atoms with Crippen LogP contribution in [0.5, 0.6) is 0 Å². The number of hydrogen-bond acceptors (Lipinski definition) is 3. The summed E-state index contributed by atoms with van der Waals surface area (Å²) >= 11 is 0. The number of hydrogen-bond donors (Lipinski definition) is 2. The van der Waals surface area contributed by atoms with E-state index in [1.807, 2.05) is 0 Å². The highest BCUT2D eigenvalue weighted by Gasteiger charge is 2.42. The molecular formula is C10H15NO4. The summed E-state index contributed by atoms with van der Waals surface area (Å²) in [7, 11) is 0. The van der Waals surface area contributed by atoms with Crippen molar-refractivity contribution in [2.45, 2.75) is 37.8 Å². The molecule has 0 spiro atoms. The number of carboxylic acids is 1. The van der Waals surface area contributed by atoms with Crippen LogP contribution in [0.15, 0.2) is 0 Å². The Morgan fingerprint density at radius 3 is 2.40 bits per heavy atom. The van der Waals surface area contributed by atoms with E-state index >= 15 is 0 Å². The van der Waals surface area contributed by atoms with Crippen molar-refractivity contribution < 1.29 is 19.8 Å². The fourth-order valence-electron chi connectivity index (χ4n) is 2.18. The monoisotopic (exact) mass is 213 g/mol. The van der Waals surface area contributed by atoms with Gasteiger partial charge < -0.3 is 15.1 Å². The second-order valence-corrected chi connectivity index (χ2v) is 4.36. The zero-order chi connectivity index (χ0) is 11.0. The SMILES string of the molecule is O=C(O)[C@@H]1CC(O)CN1C(=O)C1CCC1. The molecule has 0 aromatic rings. The maximum absolute atomic E-state index is 11.8. The van der Waals surface area contributed by atoms with Crippen LogP contribution in [0.25, 0.3) is 0 Å². The minimum Gasteiger partial charge on any atom is -0.480 e. The molecule has 1 saturated carbocycles. The van der Waals surface area contributed by atoms with Gasteiger partial charge >= 0.3 is 5.97 Å². The van der Waals surface area contributed by atoms with Gasteiger partial charge in [-0.15, -0.1) is 0 Å². The van der Waals surface area contributed by atoms with E-state index in [9.17, 15) is 14.7 Å². The molecule has 5 nitrogen and oxygen atoms in total. The molecule has 0 aromatic carbocycles. The molecule has 2 N–H and O–H groups in total. The van der Waals surface area contributed by atoms with Gasteiger partial charge in [-0.05, 0) is 12.8 Å². The van der Waals surface area contributed by atoms with Gasteiger partial charge in [-0.1, -0.05) is 6.42 Å². The van der Waals surface area contributed by atoms with Gasteiger partial charge in [-0.25, -0.2) is 4.79 Å². The summed E-state index contributed by atoms with van der Waals surface area (Å²) in [4.78, 5) is 24.1. The molecule has 0 radical (unpaired) electrons. The Morgan fingerprint density at radius 1 is 1.27 bits per heavy atom. The Bertz CT molecular complexity index is 287. The van der Waals surface area contributed by atoms with Crippen LogP contribution < -0.4 is 0 Å². The van der Waals surface area contributed by atoms with Crippen LogP contribution in [0.1, 0.15) is 25.7 Å². The molecule has 1 amide bonds. The van der Waals surface area contributed by atoms with E-state index in [2.05, 4.69) is 0 Å². The number of carbonyl (C=O) groups excluding carboxylic acids is 1. The predicted molar refractivity (Wildman–Crippen MR) is 51.1 cm³/mol. The topological polar surface area (TPSA) is 77.8 Å². The Balaban J connectivity index is 2.05. The van der Waals surface area contributed by atoms with Gasteiger partial charge in [0.1, 0.15) is 6.04 Å². The zero-order valence-electron chi connectivity index (χ0n) is 8.43. The maximum Gasteiger partial charge on any atom is 0.326 e. The van der Waals surface area contributed by atoms with Crippen LogP contribution >= 0.6 is 0 Å². The van der Waals surface area contributed by atoms with E-state index < -0.39 is 18.1 Å². The summed E-state index contributed by atoms with van der Waals surface area (Å²) in [5.74, 6) is -1.11. The lowest BCUT2D eigenvalue weighted by Crippen LogP contribution is -2.45. The van der Waals surface area contributed by atoms with Gasteiger partial charge in [0.05, 0.1) is 6.10 Å². The molecule has 15 heavy (non-hydrogen) atoms. The van der Waals surface area contributed by atoms with Crippen LogP contribution in [-0.2, 0) is 9.59 Å². The number of aliphatic hydroxyl groups is 1. The number of β-amino-alcohol motifs (C(OH)–C–C–N with tert-alkyl or cyclic N) is 1. The van der Waals surface area contributed by atoms with Crippen molar-refractivity contribution in [3.63, 3.8) is 0 Å². The fourth-order valence-corrected chi connectivity index (χ4v) is 2.18. The Morgan fingerprint density at radius 2 is 1.93 bits per heavy atom. The first-order valence-electron chi connectivity index (χ1n) is 5.31. The zero-order valence-corrected chi connectivity index (χ0v) is 8.43. The second kappa shape index (κ2) is 3.81. The molecule has 0 aromatic heterocycles. The third kappa shape index (κ3) is 1.84. The highest BCUT2D eigenvalue weighted by molar-refractivity contribution is 5.86. The van der Waals surface area contributed by atoms with E-state index in [4.69, 9.17) is 5.11 Å². The van der Waals surface area contributed by atoms with Gasteiger partial charge in [0.15, 0.2) is 0 Å². The normalized spacial score (nSPS) is 31.4. The number of nitrogens with zero attached hydrogens (tertiary/aromatic N) is 1. The number of aliphatic carboxylic acids is 1. The van der Waals surface area contributed by atoms with E-state index in [1.165, 1.54) is 4.90 Å². The number of aliphatic hydroxyl groups excluding tert-OH is 1. The molecule has 5 heteroatoms. The van der Waals surface area contributed by atoms with Crippen LogP contribution in [0.3, 0.4) is 0 Å². The van der Waals surface area contributed by atoms with E-state index in [1.54, 1.807) is 0 Å². The summed E-state index contributed by atoms with van der Waals surface area (Å²) in [6, 6.07) is -0.826. The smallest absolute Gasteiger partial charge is 0.326 e. The van der Waals surface area contributed by atoms with Gasteiger partial charge in [-0.2, -0.15) is 0 Å². The van der Waals surface area contributed by atoms with Gasteiger partial charge in [0, 0.05) is 18.9 Å². The summed E-state index contributed by atoms with van der Waals surface area (Å²) < 4.78 is 0. The molecule has 2 atom stereocenters. The third-order valence-corrected chi connectivity index (χ3v) is 3.30. The molecule has 2 rings (SSSR count). The molecule has 2 fully saturated rings. The molecule has 1 aliphatic carbocycles. The van der Waals surface area contributed by atoms with Crippen LogP contribution in [0.2, 0.25) is 0 Å². The van der Waals surface area contributed by atoms with Gasteiger partial charge in [0.2, 0.25) is 5.91 Å². The number of carbonyl (C=O) groups is 2.